The Kier molecular flexibility index (Phi) is 6.55. The van der Waals surface area contributed by atoms with Crippen molar-refractivity contribution in [1.29, 1.82) is 0 Å². The minimum atomic E-state index is -2.56. The number of aryl methyl sites for hydroxylation is 1. The predicted octanol–water partition coefficient (Wildman–Crippen LogP) is 1.89. The first-order valence-electron chi connectivity index (χ1n) is 6.64. The lowest BCUT2D eigenvalue weighted by atomic mass is 10.2. The molecule has 8 heteroatoms. The predicted molar refractivity (Wildman–Crippen MR) is 78.4 cm³/mol. The number of halogens is 2. The van der Waals surface area contributed by atoms with E-state index in [1.165, 1.54) is 13.1 Å². The Labute approximate surface area is 127 Å². The zero-order valence-electron chi connectivity index (χ0n) is 12.6. The number of benzene rings is 1. The van der Waals surface area contributed by atoms with Gasteiger partial charge in [0.15, 0.2) is 0 Å². The topological polar surface area (TPSA) is 79.5 Å². The van der Waals surface area contributed by atoms with Crippen LogP contribution in [-0.4, -0.2) is 38.1 Å². The van der Waals surface area contributed by atoms with Crippen molar-refractivity contribution in [3.63, 3.8) is 0 Å². The number of imide groups is 1. The molecule has 0 saturated heterocycles. The number of anilines is 1. The summed E-state index contributed by atoms with van der Waals surface area (Å²) in [6.45, 7) is 2.60. The van der Waals surface area contributed by atoms with Gasteiger partial charge in [-0.15, -0.1) is 0 Å². The van der Waals surface area contributed by atoms with Gasteiger partial charge in [-0.2, -0.15) is 0 Å². The van der Waals surface area contributed by atoms with Crippen LogP contribution >= 0.6 is 0 Å². The second kappa shape index (κ2) is 8.16. The maximum absolute atomic E-state index is 12.2. The molecule has 0 aliphatic rings. The van der Waals surface area contributed by atoms with E-state index in [0.717, 1.165) is 0 Å². The molecule has 3 amide bonds. The van der Waals surface area contributed by atoms with E-state index in [1.54, 1.807) is 26.0 Å². The van der Waals surface area contributed by atoms with Crippen molar-refractivity contribution in [2.24, 2.45) is 0 Å². The van der Waals surface area contributed by atoms with Gasteiger partial charge in [0, 0.05) is 18.8 Å². The molecule has 0 fully saturated rings. The van der Waals surface area contributed by atoms with Crippen LogP contribution in [0.1, 0.15) is 12.5 Å². The lowest BCUT2D eigenvalue weighted by molar-refractivity contribution is -0.120. The summed E-state index contributed by atoms with van der Waals surface area (Å²) in [6.07, 6.45) is -2.56. The van der Waals surface area contributed by atoms with E-state index in [4.69, 9.17) is 4.74 Å². The Morgan fingerprint density at radius 1 is 1.32 bits per heavy atom. The number of ether oxygens (including phenoxy) is 1. The Hall–Kier alpha value is -2.38. The highest BCUT2D eigenvalue weighted by Gasteiger charge is 2.15. The Balaban J connectivity index is 2.70. The van der Waals surface area contributed by atoms with Crippen LogP contribution in [0.15, 0.2) is 18.2 Å². The average Bonchev–Trinajstić information content (AvgIpc) is 2.47. The molecule has 0 spiro atoms. The smallest absolute Gasteiger partial charge is 0.321 e. The zero-order chi connectivity index (χ0) is 16.7. The summed E-state index contributed by atoms with van der Waals surface area (Å²) >= 11 is 0. The fraction of sp³-hybridized carbons (Fsp3) is 0.429. The first-order valence-corrected chi connectivity index (χ1v) is 6.64. The van der Waals surface area contributed by atoms with E-state index in [1.807, 2.05) is 0 Å². The molecule has 3 N–H and O–H groups in total. The van der Waals surface area contributed by atoms with Crippen LogP contribution in [0.4, 0.5) is 19.3 Å². The highest BCUT2D eigenvalue weighted by molar-refractivity contribution is 5.97. The molecule has 1 rings (SSSR count). The molecule has 0 heterocycles. The van der Waals surface area contributed by atoms with Gasteiger partial charge in [-0.05, 0) is 25.5 Å². The van der Waals surface area contributed by atoms with Crippen LogP contribution in [0, 0.1) is 6.92 Å². The second-order valence-electron chi connectivity index (χ2n) is 4.62. The molecule has 1 aromatic carbocycles. The third-order valence-corrected chi connectivity index (χ3v) is 2.79. The van der Waals surface area contributed by atoms with Crippen LogP contribution in [0.2, 0.25) is 0 Å². The number of urea groups is 1. The molecule has 0 aromatic heterocycles. The molecule has 0 aliphatic heterocycles. The summed E-state index contributed by atoms with van der Waals surface area (Å²) < 4.78 is 29.4. The number of rotatable bonds is 6. The number of carbonyl (C=O) groups is 2. The summed E-state index contributed by atoms with van der Waals surface area (Å²) in [4.78, 5) is 22.8. The van der Waals surface area contributed by atoms with Gasteiger partial charge in [-0.1, -0.05) is 6.07 Å². The van der Waals surface area contributed by atoms with Crippen LogP contribution in [0.25, 0.3) is 0 Å². The van der Waals surface area contributed by atoms with Gasteiger partial charge in [0.1, 0.15) is 18.4 Å². The number of hydrogen-bond acceptors (Lipinski definition) is 4. The second-order valence-corrected chi connectivity index (χ2v) is 4.62. The van der Waals surface area contributed by atoms with Gasteiger partial charge >= 0.3 is 6.03 Å². The first kappa shape index (κ1) is 17.7. The largest absolute Gasteiger partial charge is 0.487 e. The van der Waals surface area contributed by atoms with E-state index in [9.17, 15) is 18.4 Å². The molecule has 0 saturated carbocycles. The van der Waals surface area contributed by atoms with Gasteiger partial charge in [-0.25, -0.2) is 13.6 Å². The van der Waals surface area contributed by atoms with Crippen LogP contribution in [-0.2, 0) is 4.79 Å². The van der Waals surface area contributed by atoms with Gasteiger partial charge in [0.2, 0.25) is 5.91 Å². The van der Waals surface area contributed by atoms with Crippen molar-refractivity contribution in [2.45, 2.75) is 26.3 Å². The van der Waals surface area contributed by atoms with Crippen LogP contribution < -0.4 is 20.7 Å². The molecule has 1 atom stereocenters. The highest BCUT2D eigenvalue weighted by atomic mass is 19.3. The number of carbonyl (C=O) groups excluding carboxylic acids is 2. The van der Waals surface area contributed by atoms with Crippen LogP contribution in [0.3, 0.4) is 0 Å². The fourth-order valence-electron chi connectivity index (χ4n) is 1.60. The normalized spacial score (nSPS) is 11.7. The molecular weight excluding hydrogens is 296 g/mol. The van der Waals surface area contributed by atoms with E-state index in [0.29, 0.717) is 17.0 Å². The van der Waals surface area contributed by atoms with Gasteiger partial charge in [0.25, 0.3) is 6.43 Å². The Morgan fingerprint density at radius 3 is 2.59 bits per heavy atom. The summed E-state index contributed by atoms with van der Waals surface area (Å²) in [7, 11) is 1.40. The highest BCUT2D eigenvalue weighted by Crippen LogP contribution is 2.23. The van der Waals surface area contributed by atoms with E-state index < -0.39 is 31.0 Å². The molecule has 0 unspecified atom stereocenters. The maximum atomic E-state index is 12.2. The summed E-state index contributed by atoms with van der Waals surface area (Å²) in [5, 5.41) is 7.27. The molecule has 0 bridgehead atoms. The lowest BCUT2D eigenvalue weighted by Crippen LogP contribution is -2.44. The summed E-state index contributed by atoms with van der Waals surface area (Å²) in [6, 6.07) is 3.61. The van der Waals surface area contributed by atoms with Gasteiger partial charge in [0.05, 0.1) is 0 Å². The number of hydrogen-bond donors (Lipinski definition) is 3. The fourth-order valence-corrected chi connectivity index (χ4v) is 1.60. The SMILES string of the molecule is CNC(=O)NC(=O)[C@@H](C)Nc1ccc(C)c(OCC(F)F)c1. The molecule has 1 aromatic rings. The third-order valence-electron chi connectivity index (χ3n) is 2.79. The lowest BCUT2D eigenvalue weighted by Gasteiger charge is -2.16. The van der Waals surface area contributed by atoms with Crippen molar-refractivity contribution in [3.05, 3.63) is 23.8 Å². The van der Waals surface area contributed by atoms with Crippen LogP contribution in [0.5, 0.6) is 5.75 Å². The zero-order valence-corrected chi connectivity index (χ0v) is 12.6. The van der Waals surface area contributed by atoms with Gasteiger partial charge < -0.3 is 15.4 Å². The first-order chi connectivity index (χ1) is 10.3. The maximum Gasteiger partial charge on any atom is 0.321 e. The molecule has 6 nitrogen and oxygen atoms in total. The van der Waals surface area contributed by atoms with E-state index in [2.05, 4.69) is 16.0 Å². The van der Waals surface area contributed by atoms with Crippen molar-refractivity contribution in [2.75, 3.05) is 19.0 Å². The number of nitrogens with one attached hydrogen (secondary N) is 3. The molecular formula is C14H19F2N3O3. The Bertz CT molecular complexity index is 538. The van der Waals surface area contributed by atoms with Crippen molar-refractivity contribution < 1.29 is 23.1 Å². The van der Waals surface area contributed by atoms with E-state index in [-0.39, 0.29) is 0 Å². The summed E-state index contributed by atoms with van der Waals surface area (Å²) in [5.74, 6) is -0.209. The molecule has 22 heavy (non-hydrogen) atoms. The summed E-state index contributed by atoms with van der Waals surface area (Å²) in [5.41, 5.74) is 1.23. The van der Waals surface area contributed by atoms with Crippen molar-refractivity contribution in [1.82, 2.24) is 10.6 Å². The quantitative estimate of drug-likeness (QED) is 0.749. The number of amides is 3. The number of alkyl halides is 2. The van der Waals surface area contributed by atoms with Gasteiger partial charge in [-0.3, -0.25) is 10.1 Å². The molecule has 122 valence electrons. The molecule has 0 aliphatic carbocycles. The van der Waals surface area contributed by atoms with E-state index >= 15 is 0 Å². The Morgan fingerprint density at radius 2 is 2.00 bits per heavy atom. The van der Waals surface area contributed by atoms with Crippen molar-refractivity contribution in [3.8, 4) is 5.75 Å². The minimum absolute atomic E-state index is 0.309. The third kappa shape index (κ3) is 5.55. The van der Waals surface area contributed by atoms with Crippen molar-refractivity contribution >= 4 is 17.6 Å². The minimum Gasteiger partial charge on any atom is -0.487 e. The standard InChI is InChI=1S/C14H19F2N3O3/c1-8-4-5-10(6-11(8)22-7-12(15)16)18-9(2)13(20)19-14(21)17-3/h4-6,9,12,18H,7H2,1-3H3,(H2,17,19,20,21)/t9-/m1/s1. The molecule has 0 radical (unpaired) electrons. The monoisotopic (exact) mass is 315 g/mol. The average molecular weight is 315 g/mol.